The quantitative estimate of drug-likeness (QED) is 0.814. The molecule has 0 fully saturated rings. The first kappa shape index (κ1) is 13.8. The van der Waals surface area contributed by atoms with Crippen molar-refractivity contribution >= 4 is 0 Å². The lowest BCUT2D eigenvalue weighted by atomic mass is 10.0. The first-order valence-electron chi connectivity index (χ1n) is 7.08. The highest BCUT2D eigenvalue weighted by Crippen LogP contribution is 2.17. The van der Waals surface area contributed by atoms with Crippen molar-refractivity contribution in [3.8, 4) is 0 Å². The van der Waals surface area contributed by atoms with Crippen molar-refractivity contribution in [1.82, 2.24) is 10.3 Å². The van der Waals surface area contributed by atoms with Crippen LogP contribution in [0.4, 0.5) is 0 Å². The molecule has 2 heteroatoms. The molecule has 1 aromatic carbocycles. The van der Waals surface area contributed by atoms with E-state index in [9.17, 15) is 0 Å². The highest BCUT2D eigenvalue weighted by Gasteiger charge is 2.08. The van der Waals surface area contributed by atoms with Crippen molar-refractivity contribution in [1.29, 1.82) is 0 Å². The molecule has 0 spiro atoms. The van der Waals surface area contributed by atoms with Gasteiger partial charge in [-0.15, -0.1) is 0 Å². The number of pyridine rings is 1. The molecular formula is C17H22N2. The van der Waals surface area contributed by atoms with Crippen LogP contribution in [0.25, 0.3) is 0 Å². The fourth-order valence-electron chi connectivity index (χ4n) is 2.28. The smallest absolute Gasteiger partial charge is 0.0416 e. The van der Waals surface area contributed by atoms with E-state index in [0.717, 1.165) is 18.7 Å². The van der Waals surface area contributed by atoms with E-state index in [2.05, 4.69) is 53.6 Å². The zero-order chi connectivity index (χ0) is 13.3. The standard InChI is InChI=1S/C17H22N2/c1-2-8-17(15-9-4-3-5-10-15)19-14-12-16-11-6-7-13-18-16/h3-7,9-11,13,17,19H,2,8,12,14H2,1H3. The molecule has 1 heterocycles. The third-order valence-electron chi connectivity index (χ3n) is 3.28. The van der Waals surface area contributed by atoms with Crippen LogP contribution in [0.3, 0.4) is 0 Å². The van der Waals surface area contributed by atoms with E-state index in [-0.39, 0.29) is 0 Å². The van der Waals surface area contributed by atoms with Crippen molar-refractivity contribution < 1.29 is 0 Å². The summed E-state index contributed by atoms with van der Waals surface area (Å²) in [6.07, 6.45) is 5.20. The molecule has 1 atom stereocenters. The van der Waals surface area contributed by atoms with E-state index in [1.165, 1.54) is 18.4 Å². The first-order chi connectivity index (χ1) is 9.40. The molecule has 2 rings (SSSR count). The first-order valence-corrected chi connectivity index (χ1v) is 7.08. The summed E-state index contributed by atoms with van der Waals surface area (Å²) in [7, 11) is 0. The third kappa shape index (κ3) is 4.49. The van der Waals surface area contributed by atoms with Crippen LogP contribution in [-0.2, 0) is 6.42 Å². The lowest BCUT2D eigenvalue weighted by molar-refractivity contribution is 0.496. The number of hydrogen-bond donors (Lipinski definition) is 1. The fourth-order valence-corrected chi connectivity index (χ4v) is 2.28. The van der Waals surface area contributed by atoms with Gasteiger partial charge in [0.1, 0.15) is 0 Å². The number of nitrogens with one attached hydrogen (secondary N) is 1. The van der Waals surface area contributed by atoms with Gasteiger partial charge in [-0.2, -0.15) is 0 Å². The van der Waals surface area contributed by atoms with Crippen molar-refractivity contribution in [3.05, 3.63) is 66.0 Å². The molecule has 0 saturated carbocycles. The van der Waals surface area contributed by atoms with Gasteiger partial charge in [0.25, 0.3) is 0 Å². The molecule has 0 bridgehead atoms. The number of aromatic nitrogens is 1. The topological polar surface area (TPSA) is 24.9 Å². The highest BCUT2D eigenvalue weighted by molar-refractivity contribution is 5.18. The Morgan fingerprint density at radius 2 is 1.84 bits per heavy atom. The number of rotatable bonds is 7. The molecule has 0 saturated heterocycles. The molecule has 2 aromatic rings. The Bertz CT molecular complexity index is 453. The van der Waals surface area contributed by atoms with Gasteiger partial charge in [0.05, 0.1) is 0 Å². The van der Waals surface area contributed by atoms with Crippen molar-refractivity contribution in [2.75, 3.05) is 6.54 Å². The third-order valence-corrected chi connectivity index (χ3v) is 3.28. The summed E-state index contributed by atoms with van der Waals surface area (Å²) < 4.78 is 0. The average Bonchev–Trinajstić information content (AvgIpc) is 2.48. The van der Waals surface area contributed by atoms with Gasteiger partial charge >= 0.3 is 0 Å². The largest absolute Gasteiger partial charge is 0.310 e. The number of benzene rings is 1. The molecule has 0 radical (unpaired) electrons. The van der Waals surface area contributed by atoms with Crippen LogP contribution in [0.2, 0.25) is 0 Å². The summed E-state index contributed by atoms with van der Waals surface area (Å²) >= 11 is 0. The van der Waals surface area contributed by atoms with E-state index in [0.29, 0.717) is 6.04 Å². The van der Waals surface area contributed by atoms with Crippen molar-refractivity contribution in [2.45, 2.75) is 32.2 Å². The van der Waals surface area contributed by atoms with Crippen LogP contribution in [0, 0.1) is 0 Å². The van der Waals surface area contributed by atoms with Crippen LogP contribution in [0.1, 0.15) is 37.1 Å². The van der Waals surface area contributed by atoms with Gasteiger partial charge in [0, 0.05) is 30.9 Å². The Labute approximate surface area is 115 Å². The van der Waals surface area contributed by atoms with E-state index in [1.807, 2.05) is 18.3 Å². The monoisotopic (exact) mass is 254 g/mol. The zero-order valence-electron chi connectivity index (χ0n) is 11.5. The van der Waals surface area contributed by atoms with Crippen molar-refractivity contribution in [3.63, 3.8) is 0 Å². The minimum absolute atomic E-state index is 0.454. The number of nitrogens with zero attached hydrogens (tertiary/aromatic N) is 1. The maximum atomic E-state index is 4.35. The predicted molar refractivity (Wildman–Crippen MR) is 80.0 cm³/mol. The van der Waals surface area contributed by atoms with Gasteiger partial charge in [-0.1, -0.05) is 49.7 Å². The summed E-state index contributed by atoms with van der Waals surface area (Å²) in [5, 5.41) is 3.65. The van der Waals surface area contributed by atoms with E-state index < -0.39 is 0 Å². The molecule has 100 valence electrons. The second-order valence-electron chi connectivity index (χ2n) is 4.78. The Hall–Kier alpha value is -1.67. The molecule has 2 nitrogen and oxygen atoms in total. The molecule has 19 heavy (non-hydrogen) atoms. The van der Waals surface area contributed by atoms with Gasteiger partial charge in [-0.25, -0.2) is 0 Å². The van der Waals surface area contributed by atoms with Crippen LogP contribution >= 0.6 is 0 Å². The number of hydrogen-bond acceptors (Lipinski definition) is 2. The van der Waals surface area contributed by atoms with Crippen LogP contribution in [0.15, 0.2) is 54.7 Å². The molecule has 0 aliphatic carbocycles. The van der Waals surface area contributed by atoms with Gasteiger partial charge in [-0.05, 0) is 24.1 Å². The zero-order valence-corrected chi connectivity index (χ0v) is 11.5. The molecule has 1 aromatic heterocycles. The lowest BCUT2D eigenvalue weighted by Crippen LogP contribution is -2.23. The normalized spacial score (nSPS) is 12.3. The summed E-state index contributed by atoms with van der Waals surface area (Å²) in [5.74, 6) is 0. The maximum absolute atomic E-state index is 4.35. The minimum Gasteiger partial charge on any atom is -0.310 e. The van der Waals surface area contributed by atoms with Gasteiger partial charge < -0.3 is 5.32 Å². The molecule has 0 amide bonds. The molecule has 1 unspecified atom stereocenters. The maximum Gasteiger partial charge on any atom is 0.0416 e. The van der Waals surface area contributed by atoms with E-state index in [1.54, 1.807) is 0 Å². The highest BCUT2D eigenvalue weighted by atomic mass is 14.9. The van der Waals surface area contributed by atoms with Gasteiger partial charge in [0.15, 0.2) is 0 Å². The summed E-state index contributed by atoms with van der Waals surface area (Å²) in [4.78, 5) is 4.35. The fraction of sp³-hybridized carbons (Fsp3) is 0.353. The van der Waals surface area contributed by atoms with E-state index in [4.69, 9.17) is 0 Å². The molecular weight excluding hydrogens is 232 g/mol. The minimum atomic E-state index is 0.454. The van der Waals surface area contributed by atoms with Gasteiger partial charge in [-0.3, -0.25) is 4.98 Å². The Kier molecular flexibility index (Phi) is 5.57. The Balaban J connectivity index is 1.87. The summed E-state index contributed by atoms with van der Waals surface area (Å²) in [6, 6.07) is 17.2. The second-order valence-corrected chi connectivity index (χ2v) is 4.78. The SMILES string of the molecule is CCCC(NCCc1ccccn1)c1ccccc1. The Morgan fingerprint density at radius 1 is 1.05 bits per heavy atom. The summed E-state index contributed by atoms with van der Waals surface area (Å²) in [5.41, 5.74) is 2.53. The van der Waals surface area contributed by atoms with Crippen LogP contribution in [0.5, 0.6) is 0 Å². The lowest BCUT2D eigenvalue weighted by Gasteiger charge is -2.18. The predicted octanol–water partition coefficient (Wildman–Crippen LogP) is 3.76. The molecule has 0 aliphatic heterocycles. The van der Waals surface area contributed by atoms with Gasteiger partial charge in [0.2, 0.25) is 0 Å². The average molecular weight is 254 g/mol. The van der Waals surface area contributed by atoms with Crippen LogP contribution in [-0.4, -0.2) is 11.5 Å². The Morgan fingerprint density at radius 3 is 2.53 bits per heavy atom. The second kappa shape index (κ2) is 7.70. The van der Waals surface area contributed by atoms with Crippen molar-refractivity contribution in [2.24, 2.45) is 0 Å². The van der Waals surface area contributed by atoms with E-state index >= 15 is 0 Å². The van der Waals surface area contributed by atoms with Crippen LogP contribution < -0.4 is 5.32 Å². The summed E-state index contributed by atoms with van der Waals surface area (Å²) in [6.45, 7) is 3.20. The molecule has 1 N–H and O–H groups in total. The molecule has 0 aliphatic rings.